The van der Waals surface area contributed by atoms with Crippen molar-refractivity contribution in [3.63, 3.8) is 0 Å². The molecule has 1 aromatic heterocycles. The van der Waals surface area contributed by atoms with E-state index in [1.807, 2.05) is 20.0 Å². The molecule has 27 heavy (non-hydrogen) atoms. The van der Waals surface area contributed by atoms with Crippen LogP contribution in [0.1, 0.15) is 11.5 Å². The van der Waals surface area contributed by atoms with E-state index in [1.165, 1.54) is 16.4 Å². The number of benzene rings is 1. The van der Waals surface area contributed by atoms with Gasteiger partial charge in [0, 0.05) is 37.9 Å². The van der Waals surface area contributed by atoms with Crippen molar-refractivity contribution in [1.29, 1.82) is 0 Å². The van der Waals surface area contributed by atoms with E-state index in [1.54, 1.807) is 30.3 Å². The number of hydrogen-bond acceptors (Lipinski definition) is 5. The van der Waals surface area contributed by atoms with Crippen molar-refractivity contribution in [1.82, 2.24) is 9.21 Å². The number of sulfonamides is 1. The second-order valence-electron chi connectivity index (χ2n) is 6.51. The molecule has 2 aromatic rings. The molecule has 1 amide bonds. The summed E-state index contributed by atoms with van der Waals surface area (Å²) in [5.41, 5.74) is 0.426. The quantitative estimate of drug-likeness (QED) is 0.793. The highest BCUT2D eigenvalue weighted by atomic mass is 32.2. The molecule has 1 N–H and O–H groups in total. The second-order valence-corrected chi connectivity index (χ2v) is 8.44. The molecule has 144 valence electrons. The molecule has 1 aliphatic rings. The van der Waals surface area contributed by atoms with Crippen LogP contribution in [0, 0.1) is 6.92 Å². The van der Waals surface area contributed by atoms with Crippen LogP contribution in [0.3, 0.4) is 0 Å². The third-order valence-electron chi connectivity index (χ3n) is 4.36. The molecule has 7 nitrogen and oxygen atoms in total. The van der Waals surface area contributed by atoms with Gasteiger partial charge in [0.1, 0.15) is 11.5 Å². The van der Waals surface area contributed by atoms with E-state index in [0.717, 1.165) is 5.76 Å². The predicted octanol–water partition coefficient (Wildman–Crippen LogP) is 2.18. The van der Waals surface area contributed by atoms with E-state index in [9.17, 15) is 13.2 Å². The summed E-state index contributed by atoms with van der Waals surface area (Å²) >= 11 is 0. The Morgan fingerprint density at radius 3 is 2.56 bits per heavy atom. The number of aryl methyl sites for hydroxylation is 1. The molecule has 1 aliphatic heterocycles. The van der Waals surface area contributed by atoms with Gasteiger partial charge in [-0.3, -0.25) is 4.79 Å². The predicted molar refractivity (Wildman–Crippen MR) is 104 cm³/mol. The highest BCUT2D eigenvalue weighted by Crippen LogP contribution is 2.21. The van der Waals surface area contributed by atoms with Crippen LogP contribution < -0.4 is 5.32 Å². The zero-order chi connectivity index (χ0) is 19.4. The number of carbonyl (C=O) groups excluding carboxylic acids is 1. The van der Waals surface area contributed by atoms with E-state index < -0.39 is 10.0 Å². The molecule has 1 saturated heterocycles. The van der Waals surface area contributed by atoms with Gasteiger partial charge in [0.05, 0.1) is 4.90 Å². The summed E-state index contributed by atoms with van der Waals surface area (Å²) in [5.74, 6) is 0.976. The lowest BCUT2D eigenvalue weighted by atomic mass is 10.3. The van der Waals surface area contributed by atoms with Crippen molar-refractivity contribution in [2.24, 2.45) is 0 Å². The lowest BCUT2D eigenvalue weighted by Gasteiger charge is -2.31. The molecule has 0 atom stereocenters. The number of furan rings is 1. The van der Waals surface area contributed by atoms with Crippen LogP contribution in [-0.4, -0.2) is 56.8 Å². The maximum absolute atomic E-state index is 12.8. The molecule has 0 bridgehead atoms. The SMILES string of the molecule is Cc1ccc(/C=C/C(=O)Nc2cccc(S(=O)(=O)N3CCN(C)CC3)c2)o1. The molecule has 8 heteroatoms. The Morgan fingerprint density at radius 2 is 1.89 bits per heavy atom. The van der Waals surface area contributed by atoms with Crippen molar-refractivity contribution in [2.75, 3.05) is 38.5 Å². The van der Waals surface area contributed by atoms with Gasteiger partial charge in [0.15, 0.2) is 0 Å². The molecule has 1 aromatic carbocycles. The van der Waals surface area contributed by atoms with Gasteiger partial charge in [-0.15, -0.1) is 0 Å². The van der Waals surface area contributed by atoms with Crippen LogP contribution in [0.25, 0.3) is 6.08 Å². The molecular formula is C19H23N3O4S. The molecule has 1 fully saturated rings. The van der Waals surface area contributed by atoms with Gasteiger partial charge >= 0.3 is 0 Å². The first-order chi connectivity index (χ1) is 12.8. The van der Waals surface area contributed by atoms with E-state index in [-0.39, 0.29) is 10.8 Å². The fourth-order valence-electron chi connectivity index (χ4n) is 2.80. The first kappa shape index (κ1) is 19.3. The standard InChI is InChI=1S/C19H23N3O4S/c1-15-6-7-17(26-15)8-9-19(23)20-16-4-3-5-18(14-16)27(24,25)22-12-10-21(2)11-13-22/h3-9,14H,10-13H2,1-2H3,(H,20,23)/b9-8+. The maximum atomic E-state index is 12.8. The fraction of sp³-hybridized carbons (Fsp3) is 0.316. The lowest BCUT2D eigenvalue weighted by molar-refractivity contribution is -0.111. The number of nitrogens with zero attached hydrogens (tertiary/aromatic N) is 2. The van der Waals surface area contributed by atoms with Crippen LogP contribution in [-0.2, 0) is 14.8 Å². The minimum absolute atomic E-state index is 0.176. The van der Waals surface area contributed by atoms with Crippen molar-refractivity contribution in [3.8, 4) is 0 Å². The minimum Gasteiger partial charge on any atom is -0.462 e. The molecule has 0 spiro atoms. The summed E-state index contributed by atoms with van der Waals surface area (Å²) in [6.07, 6.45) is 2.91. The smallest absolute Gasteiger partial charge is 0.248 e. The molecule has 0 unspecified atom stereocenters. The molecule has 2 heterocycles. The fourth-order valence-corrected chi connectivity index (χ4v) is 4.27. The zero-order valence-electron chi connectivity index (χ0n) is 15.4. The van der Waals surface area contributed by atoms with Gasteiger partial charge in [-0.2, -0.15) is 4.31 Å². The number of anilines is 1. The van der Waals surface area contributed by atoms with Crippen LogP contribution >= 0.6 is 0 Å². The lowest BCUT2D eigenvalue weighted by Crippen LogP contribution is -2.47. The summed E-state index contributed by atoms with van der Waals surface area (Å²) in [6, 6.07) is 9.89. The van der Waals surface area contributed by atoms with Crippen molar-refractivity contribution < 1.29 is 17.6 Å². The first-order valence-electron chi connectivity index (χ1n) is 8.69. The Bertz CT molecular complexity index is 941. The summed E-state index contributed by atoms with van der Waals surface area (Å²) in [6.45, 7) is 4.14. The highest BCUT2D eigenvalue weighted by Gasteiger charge is 2.27. The number of hydrogen-bond donors (Lipinski definition) is 1. The van der Waals surface area contributed by atoms with Crippen molar-refractivity contribution >= 4 is 27.7 Å². The van der Waals surface area contributed by atoms with Crippen molar-refractivity contribution in [3.05, 3.63) is 54.0 Å². The number of piperazine rings is 1. The zero-order valence-corrected chi connectivity index (χ0v) is 16.2. The molecular weight excluding hydrogens is 366 g/mol. The van der Waals surface area contributed by atoms with Gasteiger partial charge in [0.2, 0.25) is 15.9 Å². The van der Waals surface area contributed by atoms with Crippen LogP contribution in [0.5, 0.6) is 0 Å². The topological polar surface area (TPSA) is 82.9 Å². The average molecular weight is 389 g/mol. The summed E-state index contributed by atoms with van der Waals surface area (Å²) < 4.78 is 32.5. The van der Waals surface area contributed by atoms with Gasteiger partial charge in [-0.25, -0.2) is 8.42 Å². The third-order valence-corrected chi connectivity index (χ3v) is 6.26. The average Bonchev–Trinajstić information content (AvgIpc) is 3.06. The van der Waals surface area contributed by atoms with E-state index >= 15 is 0 Å². The Kier molecular flexibility index (Phi) is 5.79. The summed E-state index contributed by atoms with van der Waals surface area (Å²) in [5, 5.41) is 2.68. The summed E-state index contributed by atoms with van der Waals surface area (Å²) in [7, 11) is -1.60. The van der Waals surface area contributed by atoms with E-state index in [2.05, 4.69) is 10.2 Å². The number of amides is 1. The largest absolute Gasteiger partial charge is 0.462 e. The molecule has 3 rings (SSSR count). The molecule has 0 radical (unpaired) electrons. The van der Waals surface area contributed by atoms with Gasteiger partial charge in [-0.1, -0.05) is 6.07 Å². The Labute approximate surface area is 159 Å². The summed E-state index contributed by atoms with van der Waals surface area (Å²) in [4.78, 5) is 14.4. The third kappa shape index (κ3) is 4.85. The normalized spacial score (nSPS) is 16.7. The van der Waals surface area contributed by atoms with Crippen molar-refractivity contribution in [2.45, 2.75) is 11.8 Å². The Hall–Kier alpha value is -2.42. The number of nitrogens with one attached hydrogen (secondary N) is 1. The van der Waals surface area contributed by atoms with Crippen LogP contribution in [0.2, 0.25) is 0 Å². The van der Waals surface area contributed by atoms with E-state index in [0.29, 0.717) is 37.6 Å². The maximum Gasteiger partial charge on any atom is 0.248 e. The first-order valence-corrected chi connectivity index (χ1v) is 10.1. The molecule has 0 aliphatic carbocycles. The Morgan fingerprint density at radius 1 is 1.15 bits per heavy atom. The second kappa shape index (κ2) is 8.08. The van der Waals surface area contributed by atoms with Gasteiger partial charge in [0.25, 0.3) is 0 Å². The molecule has 0 saturated carbocycles. The minimum atomic E-state index is -3.57. The number of rotatable bonds is 5. The monoisotopic (exact) mass is 389 g/mol. The number of carbonyl (C=O) groups is 1. The highest BCUT2D eigenvalue weighted by molar-refractivity contribution is 7.89. The van der Waals surface area contributed by atoms with Crippen LogP contribution in [0.4, 0.5) is 5.69 Å². The Balaban J connectivity index is 1.69. The van der Waals surface area contributed by atoms with Crippen LogP contribution in [0.15, 0.2) is 51.8 Å². The van der Waals surface area contributed by atoms with E-state index in [4.69, 9.17) is 4.42 Å². The van der Waals surface area contributed by atoms with Gasteiger partial charge in [-0.05, 0) is 50.4 Å². The van der Waals surface area contributed by atoms with Gasteiger partial charge < -0.3 is 14.6 Å². The number of likely N-dealkylation sites (N-methyl/N-ethyl adjacent to an activating group) is 1.